The second-order valence-electron chi connectivity index (χ2n) is 8.49. The number of hydrogen-bond acceptors (Lipinski definition) is 10. The van der Waals surface area contributed by atoms with Crippen molar-refractivity contribution in [3.63, 3.8) is 0 Å². The Hall–Kier alpha value is -4.25. The number of amides is 1. The van der Waals surface area contributed by atoms with Crippen LogP contribution in [-0.2, 0) is 4.79 Å². The standard InChI is InChI=1S/C24H26N8O3/c1-30(2)18(33)15-31-11-13-32(14-12-31)22-17-9-6-10-25-19(17)21(34)20(27-22)23-28-29-24(35-23)26-16-7-4-3-5-8-16/h3-10,34H,11-15H2,1-2H3,(H,26,29). The van der Waals surface area contributed by atoms with Gasteiger partial charge in [0.25, 0.3) is 5.89 Å². The Kier molecular flexibility index (Phi) is 6.15. The van der Waals surface area contributed by atoms with Gasteiger partial charge < -0.3 is 24.6 Å². The van der Waals surface area contributed by atoms with E-state index < -0.39 is 0 Å². The summed E-state index contributed by atoms with van der Waals surface area (Å²) in [4.78, 5) is 27.1. The van der Waals surface area contributed by atoms with Gasteiger partial charge in [0, 0.05) is 57.5 Å². The first-order chi connectivity index (χ1) is 17.0. The first-order valence-electron chi connectivity index (χ1n) is 11.3. The molecule has 0 radical (unpaired) electrons. The molecule has 180 valence electrons. The predicted octanol–water partition coefficient (Wildman–Crippen LogP) is 2.34. The molecule has 0 atom stereocenters. The summed E-state index contributed by atoms with van der Waals surface area (Å²) >= 11 is 0. The molecule has 1 aliphatic rings. The van der Waals surface area contributed by atoms with E-state index in [1.165, 1.54) is 0 Å². The van der Waals surface area contributed by atoms with E-state index in [1.54, 1.807) is 25.2 Å². The highest BCUT2D eigenvalue weighted by molar-refractivity contribution is 5.97. The van der Waals surface area contributed by atoms with Gasteiger partial charge in [-0.2, -0.15) is 0 Å². The zero-order valence-corrected chi connectivity index (χ0v) is 19.5. The zero-order chi connectivity index (χ0) is 24.4. The quantitative estimate of drug-likeness (QED) is 0.430. The molecule has 0 saturated carbocycles. The number of rotatable bonds is 6. The third kappa shape index (κ3) is 4.71. The van der Waals surface area contributed by atoms with Crippen molar-refractivity contribution in [3.8, 4) is 17.3 Å². The molecule has 35 heavy (non-hydrogen) atoms. The van der Waals surface area contributed by atoms with Gasteiger partial charge in [-0.15, -0.1) is 5.10 Å². The molecule has 0 spiro atoms. The van der Waals surface area contributed by atoms with Crippen molar-refractivity contribution < 1.29 is 14.3 Å². The van der Waals surface area contributed by atoms with Crippen molar-refractivity contribution in [3.05, 3.63) is 48.7 Å². The van der Waals surface area contributed by atoms with Crippen molar-refractivity contribution >= 4 is 34.3 Å². The lowest BCUT2D eigenvalue weighted by molar-refractivity contribution is -0.129. The number of pyridine rings is 2. The van der Waals surface area contributed by atoms with Gasteiger partial charge in [0.15, 0.2) is 11.4 Å². The fourth-order valence-corrected chi connectivity index (χ4v) is 3.96. The van der Waals surface area contributed by atoms with Crippen LogP contribution in [0.1, 0.15) is 0 Å². The molecular weight excluding hydrogens is 448 g/mol. The number of carbonyl (C=O) groups excluding carboxylic acids is 1. The lowest BCUT2D eigenvalue weighted by Gasteiger charge is -2.36. The second-order valence-corrected chi connectivity index (χ2v) is 8.49. The molecule has 1 saturated heterocycles. The van der Waals surface area contributed by atoms with Crippen LogP contribution in [0, 0.1) is 0 Å². The molecular formula is C24H26N8O3. The van der Waals surface area contributed by atoms with Crippen molar-refractivity contribution in [2.75, 3.05) is 57.0 Å². The monoisotopic (exact) mass is 474 g/mol. The van der Waals surface area contributed by atoms with Crippen LogP contribution in [-0.4, -0.2) is 87.8 Å². The molecule has 4 aromatic rings. The Morgan fingerprint density at radius 3 is 2.60 bits per heavy atom. The lowest BCUT2D eigenvalue weighted by atomic mass is 10.1. The minimum atomic E-state index is -0.116. The fraction of sp³-hybridized carbons (Fsp3) is 0.292. The van der Waals surface area contributed by atoms with E-state index in [0.29, 0.717) is 44.1 Å². The number of aromatic hydroxyl groups is 1. The van der Waals surface area contributed by atoms with Gasteiger partial charge in [-0.1, -0.05) is 23.3 Å². The first-order valence-corrected chi connectivity index (χ1v) is 11.3. The summed E-state index contributed by atoms with van der Waals surface area (Å²) in [6.45, 7) is 3.16. The van der Waals surface area contributed by atoms with Gasteiger partial charge in [-0.3, -0.25) is 14.7 Å². The molecule has 11 nitrogen and oxygen atoms in total. The van der Waals surface area contributed by atoms with E-state index in [4.69, 9.17) is 9.40 Å². The number of hydrogen-bond donors (Lipinski definition) is 2. The molecule has 0 unspecified atom stereocenters. The molecule has 1 fully saturated rings. The number of para-hydroxylation sites is 1. The number of piperazine rings is 1. The van der Waals surface area contributed by atoms with Gasteiger partial charge in [0.2, 0.25) is 5.91 Å². The van der Waals surface area contributed by atoms with E-state index in [1.807, 2.05) is 42.5 Å². The Morgan fingerprint density at radius 2 is 1.86 bits per heavy atom. The zero-order valence-electron chi connectivity index (χ0n) is 19.5. The van der Waals surface area contributed by atoms with Gasteiger partial charge in [0.1, 0.15) is 11.3 Å². The van der Waals surface area contributed by atoms with E-state index in [-0.39, 0.29) is 29.3 Å². The summed E-state index contributed by atoms with van der Waals surface area (Å²) in [5.41, 5.74) is 1.38. The van der Waals surface area contributed by atoms with E-state index in [0.717, 1.165) is 11.1 Å². The van der Waals surface area contributed by atoms with Crippen molar-refractivity contribution in [2.45, 2.75) is 0 Å². The number of likely N-dealkylation sites (N-methyl/N-ethyl adjacent to an activating group) is 1. The van der Waals surface area contributed by atoms with Gasteiger partial charge in [-0.25, -0.2) is 4.98 Å². The molecule has 1 aromatic carbocycles. The summed E-state index contributed by atoms with van der Waals surface area (Å²) in [6.07, 6.45) is 1.62. The third-order valence-corrected chi connectivity index (χ3v) is 5.90. The molecule has 0 aliphatic carbocycles. The number of nitrogens with zero attached hydrogens (tertiary/aromatic N) is 7. The maximum atomic E-state index is 12.1. The Morgan fingerprint density at radius 1 is 1.09 bits per heavy atom. The molecule has 5 rings (SSSR count). The molecule has 2 N–H and O–H groups in total. The number of aromatic nitrogens is 4. The topological polar surface area (TPSA) is 124 Å². The minimum Gasteiger partial charge on any atom is -0.504 e. The van der Waals surface area contributed by atoms with Crippen molar-refractivity contribution in [1.29, 1.82) is 0 Å². The number of benzene rings is 1. The summed E-state index contributed by atoms with van der Waals surface area (Å²) < 4.78 is 5.78. The number of fused-ring (bicyclic) bond motifs is 1. The molecule has 11 heteroatoms. The van der Waals surface area contributed by atoms with Crippen molar-refractivity contribution in [1.82, 2.24) is 30.0 Å². The summed E-state index contributed by atoms with van der Waals surface area (Å²) in [5, 5.41) is 22.9. The summed E-state index contributed by atoms with van der Waals surface area (Å²) in [7, 11) is 3.52. The normalized spacial score (nSPS) is 14.3. The number of anilines is 3. The molecule has 1 amide bonds. The van der Waals surface area contributed by atoms with Crippen LogP contribution in [0.3, 0.4) is 0 Å². The highest BCUT2D eigenvalue weighted by Gasteiger charge is 2.26. The predicted molar refractivity (Wildman–Crippen MR) is 132 cm³/mol. The minimum absolute atomic E-state index is 0.0782. The largest absolute Gasteiger partial charge is 0.504 e. The average molecular weight is 475 g/mol. The van der Waals surface area contributed by atoms with Crippen molar-refractivity contribution in [2.24, 2.45) is 0 Å². The van der Waals surface area contributed by atoms with Crippen LogP contribution in [0.2, 0.25) is 0 Å². The SMILES string of the molecule is CN(C)C(=O)CN1CCN(c2nc(-c3nnc(Nc4ccccc4)o3)c(O)c3ncccc23)CC1. The van der Waals surface area contributed by atoms with Crippen LogP contribution in [0.25, 0.3) is 22.5 Å². The summed E-state index contributed by atoms with van der Waals surface area (Å²) in [5.74, 6) is 0.726. The first kappa shape index (κ1) is 22.5. The van der Waals surface area contributed by atoms with E-state index >= 15 is 0 Å². The maximum Gasteiger partial charge on any atom is 0.320 e. The highest BCUT2D eigenvalue weighted by Crippen LogP contribution is 2.38. The Bertz CT molecular complexity index is 1330. The van der Waals surface area contributed by atoms with Crippen LogP contribution < -0.4 is 10.2 Å². The Labute approximate surface area is 202 Å². The fourth-order valence-electron chi connectivity index (χ4n) is 3.96. The lowest BCUT2D eigenvalue weighted by Crippen LogP contribution is -2.49. The molecule has 1 aliphatic heterocycles. The number of nitrogens with one attached hydrogen (secondary N) is 1. The Balaban J connectivity index is 1.43. The van der Waals surface area contributed by atoms with Crippen LogP contribution in [0.5, 0.6) is 5.75 Å². The molecule has 3 aromatic heterocycles. The van der Waals surface area contributed by atoms with Crippen LogP contribution >= 0.6 is 0 Å². The highest BCUT2D eigenvalue weighted by atomic mass is 16.4. The van der Waals surface area contributed by atoms with E-state index in [9.17, 15) is 9.90 Å². The summed E-state index contributed by atoms with van der Waals surface area (Å²) in [6, 6.07) is 13.3. The molecule has 4 heterocycles. The van der Waals surface area contributed by atoms with Gasteiger partial charge in [-0.05, 0) is 24.3 Å². The number of carbonyl (C=O) groups is 1. The third-order valence-electron chi connectivity index (χ3n) is 5.90. The molecule has 0 bridgehead atoms. The van der Waals surface area contributed by atoms with E-state index in [2.05, 4.69) is 30.3 Å². The maximum absolute atomic E-state index is 12.1. The second kappa shape index (κ2) is 9.55. The van der Waals surface area contributed by atoms with Crippen LogP contribution in [0.4, 0.5) is 17.5 Å². The smallest absolute Gasteiger partial charge is 0.320 e. The van der Waals surface area contributed by atoms with Gasteiger partial charge >= 0.3 is 6.01 Å². The van der Waals surface area contributed by atoms with Crippen LogP contribution in [0.15, 0.2) is 53.1 Å². The van der Waals surface area contributed by atoms with Gasteiger partial charge in [0.05, 0.1) is 6.54 Å². The average Bonchev–Trinajstić information content (AvgIpc) is 3.33.